The molecule has 0 fully saturated rings. The highest BCUT2D eigenvalue weighted by Crippen LogP contribution is 2.18. The first-order valence-electron chi connectivity index (χ1n) is 5.01. The molecule has 0 saturated carbocycles. The van der Waals surface area contributed by atoms with Crippen LogP contribution in [-0.4, -0.2) is 22.9 Å². The Labute approximate surface area is 107 Å². The Kier molecular flexibility index (Phi) is 3.28. The molecule has 0 atom stereocenters. The summed E-state index contributed by atoms with van der Waals surface area (Å²) < 4.78 is 7.30. The first kappa shape index (κ1) is 11.9. The molecule has 0 saturated heterocycles. The van der Waals surface area contributed by atoms with Gasteiger partial charge in [-0.1, -0.05) is 6.07 Å². The third-order valence-corrected chi connectivity index (χ3v) is 2.84. The Bertz CT molecular complexity index is 563. The molecule has 0 amide bonds. The highest BCUT2D eigenvalue weighted by molar-refractivity contribution is 9.10. The van der Waals surface area contributed by atoms with Gasteiger partial charge in [-0.2, -0.15) is 5.10 Å². The van der Waals surface area contributed by atoms with Crippen molar-refractivity contribution >= 4 is 21.9 Å². The van der Waals surface area contributed by atoms with E-state index in [0.29, 0.717) is 5.56 Å². The predicted molar refractivity (Wildman–Crippen MR) is 67.3 cm³/mol. The van der Waals surface area contributed by atoms with Crippen molar-refractivity contribution in [2.24, 2.45) is 0 Å². The van der Waals surface area contributed by atoms with Crippen LogP contribution in [0.25, 0.3) is 5.69 Å². The van der Waals surface area contributed by atoms with Gasteiger partial charge in [-0.3, -0.25) is 0 Å². The summed E-state index contributed by atoms with van der Waals surface area (Å²) in [5.74, 6) is -0.350. The Morgan fingerprint density at radius 1 is 1.47 bits per heavy atom. The van der Waals surface area contributed by atoms with Crippen LogP contribution in [0.2, 0.25) is 0 Å². The summed E-state index contributed by atoms with van der Waals surface area (Å²) in [6.07, 6.45) is 3.54. The molecule has 0 spiro atoms. The van der Waals surface area contributed by atoms with Crippen LogP contribution in [0.5, 0.6) is 0 Å². The maximum atomic E-state index is 11.5. The molecule has 0 radical (unpaired) electrons. The summed E-state index contributed by atoms with van der Waals surface area (Å²) in [6.45, 7) is 1.96. The van der Waals surface area contributed by atoms with Crippen LogP contribution in [0.1, 0.15) is 15.9 Å². The van der Waals surface area contributed by atoms with E-state index in [-0.39, 0.29) is 5.97 Å². The number of ether oxygens (including phenoxy) is 1. The molecule has 0 N–H and O–H groups in total. The number of benzene rings is 1. The molecule has 4 nitrogen and oxygen atoms in total. The first-order valence-corrected chi connectivity index (χ1v) is 5.80. The SMILES string of the molecule is COC(=O)c1ccc(C)c(-n2cc(Br)cn2)c1. The Hall–Kier alpha value is -1.62. The van der Waals surface area contributed by atoms with Gasteiger partial charge in [0.1, 0.15) is 0 Å². The van der Waals surface area contributed by atoms with Crippen molar-refractivity contribution in [2.75, 3.05) is 7.11 Å². The third kappa shape index (κ3) is 2.39. The quantitative estimate of drug-likeness (QED) is 0.800. The smallest absolute Gasteiger partial charge is 0.337 e. The minimum atomic E-state index is -0.350. The second kappa shape index (κ2) is 4.71. The molecule has 2 rings (SSSR count). The zero-order valence-electron chi connectivity index (χ0n) is 9.48. The average Bonchev–Trinajstić information content (AvgIpc) is 2.75. The van der Waals surface area contributed by atoms with Gasteiger partial charge in [-0.05, 0) is 40.5 Å². The number of methoxy groups -OCH3 is 1. The fraction of sp³-hybridized carbons (Fsp3) is 0.167. The van der Waals surface area contributed by atoms with Crippen molar-refractivity contribution in [3.8, 4) is 5.69 Å². The average molecular weight is 295 g/mol. The fourth-order valence-electron chi connectivity index (χ4n) is 1.53. The van der Waals surface area contributed by atoms with Gasteiger partial charge in [0.2, 0.25) is 0 Å². The molecule has 0 aliphatic heterocycles. The van der Waals surface area contributed by atoms with E-state index < -0.39 is 0 Å². The number of aryl methyl sites for hydroxylation is 1. The van der Waals surface area contributed by atoms with Gasteiger partial charge in [-0.15, -0.1) is 0 Å². The van der Waals surface area contributed by atoms with E-state index in [1.807, 2.05) is 19.2 Å². The molecule has 1 aromatic carbocycles. The van der Waals surface area contributed by atoms with E-state index in [4.69, 9.17) is 4.74 Å². The summed E-state index contributed by atoms with van der Waals surface area (Å²) >= 11 is 3.34. The zero-order chi connectivity index (χ0) is 12.4. The normalized spacial score (nSPS) is 10.3. The number of carbonyl (C=O) groups is 1. The first-order chi connectivity index (χ1) is 8.11. The Morgan fingerprint density at radius 3 is 2.82 bits per heavy atom. The van der Waals surface area contributed by atoms with E-state index in [9.17, 15) is 4.79 Å². The molecule has 1 aromatic heterocycles. The van der Waals surface area contributed by atoms with Gasteiger partial charge < -0.3 is 4.74 Å². The lowest BCUT2D eigenvalue weighted by Crippen LogP contribution is -2.04. The molecular weight excluding hydrogens is 284 g/mol. The van der Waals surface area contributed by atoms with Gasteiger partial charge in [0.05, 0.1) is 29.0 Å². The van der Waals surface area contributed by atoms with Crippen LogP contribution in [0.15, 0.2) is 35.1 Å². The lowest BCUT2D eigenvalue weighted by atomic mass is 10.1. The monoisotopic (exact) mass is 294 g/mol. The number of rotatable bonds is 2. The topological polar surface area (TPSA) is 44.1 Å². The number of aromatic nitrogens is 2. The third-order valence-electron chi connectivity index (χ3n) is 2.43. The zero-order valence-corrected chi connectivity index (χ0v) is 11.1. The summed E-state index contributed by atoms with van der Waals surface area (Å²) in [7, 11) is 1.37. The van der Waals surface area contributed by atoms with Crippen LogP contribution in [-0.2, 0) is 4.74 Å². The summed E-state index contributed by atoms with van der Waals surface area (Å²) in [5, 5.41) is 4.19. The van der Waals surface area contributed by atoms with E-state index >= 15 is 0 Å². The second-order valence-corrected chi connectivity index (χ2v) is 4.51. The standard InChI is InChI=1S/C12H11BrN2O2/c1-8-3-4-9(12(16)17-2)5-11(8)15-7-10(13)6-14-15/h3-7H,1-2H3. The van der Waals surface area contributed by atoms with E-state index in [2.05, 4.69) is 21.0 Å². The van der Waals surface area contributed by atoms with Crippen molar-refractivity contribution in [3.05, 3.63) is 46.2 Å². The number of hydrogen-bond acceptors (Lipinski definition) is 3. The predicted octanol–water partition coefficient (Wildman–Crippen LogP) is 2.73. The van der Waals surface area contributed by atoms with Crippen molar-refractivity contribution in [1.29, 1.82) is 0 Å². The molecular formula is C12H11BrN2O2. The van der Waals surface area contributed by atoms with E-state index in [1.54, 1.807) is 23.0 Å². The maximum absolute atomic E-state index is 11.5. The van der Waals surface area contributed by atoms with Crippen LogP contribution < -0.4 is 0 Å². The van der Waals surface area contributed by atoms with Gasteiger partial charge in [0.25, 0.3) is 0 Å². The molecule has 0 bridgehead atoms. The maximum Gasteiger partial charge on any atom is 0.337 e. The molecule has 88 valence electrons. The Balaban J connectivity index is 2.49. The van der Waals surface area contributed by atoms with Gasteiger partial charge in [-0.25, -0.2) is 9.48 Å². The van der Waals surface area contributed by atoms with Gasteiger partial charge >= 0.3 is 5.97 Å². The molecule has 0 aliphatic rings. The second-order valence-electron chi connectivity index (χ2n) is 3.60. The molecule has 0 unspecified atom stereocenters. The minimum Gasteiger partial charge on any atom is -0.465 e. The summed E-state index contributed by atoms with van der Waals surface area (Å²) in [6, 6.07) is 5.38. The molecule has 1 heterocycles. The summed E-state index contributed by atoms with van der Waals surface area (Å²) in [4.78, 5) is 11.5. The molecule has 17 heavy (non-hydrogen) atoms. The van der Waals surface area contributed by atoms with Crippen molar-refractivity contribution < 1.29 is 9.53 Å². The Morgan fingerprint density at radius 2 is 2.24 bits per heavy atom. The minimum absolute atomic E-state index is 0.350. The van der Waals surface area contributed by atoms with Crippen LogP contribution in [0.3, 0.4) is 0 Å². The molecule has 0 aliphatic carbocycles. The number of halogens is 1. The number of nitrogens with zero attached hydrogens (tertiary/aromatic N) is 2. The largest absolute Gasteiger partial charge is 0.465 e. The fourth-order valence-corrected chi connectivity index (χ4v) is 1.82. The van der Waals surface area contributed by atoms with Crippen molar-refractivity contribution in [2.45, 2.75) is 6.92 Å². The molecule has 5 heteroatoms. The summed E-state index contributed by atoms with van der Waals surface area (Å²) in [5.41, 5.74) is 2.41. The van der Waals surface area contributed by atoms with Crippen LogP contribution >= 0.6 is 15.9 Å². The number of carbonyl (C=O) groups excluding carboxylic acids is 1. The van der Waals surface area contributed by atoms with Gasteiger partial charge in [0.15, 0.2) is 0 Å². The van der Waals surface area contributed by atoms with Crippen molar-refractivity contribution in [1.82, 2.24) is 9.78 Å². The van der Waals surface area contributed by atoms with Crippen LogP contribution in [0, 0.1) is 6.92 Å². The van der Waals surface area contributed by atoms with Crippen molar-refractivity contribution in [3.63, 3.8) is 0 Å². The molecule has 2 aromatic rings. The number of esters is 1. The highest BCUT2D eigenvalue weighted by atomic mass is 79.9. The highest BCUT2D eigenvalue weighted by Gasteiger charge is 2.09. The van der Waals surface area contributed by atoms with E-state index in [1.165, 1.54) is 7.11 Å². The number of hydrogen-bond donors (Lipinski definition) is 0. The lowest BCUT2D eigenvalue weighted by Gasteiger charge is -2.07. The van der Waals surface area contributed by atoms with E-state index in [0.717, 1.165) is 15.7 Å². The van der Waals surface area contributed by atoms with Crippen LogP contribution in [0.4, 0.5) is 0 Å². The van der Waals surface area contributed by atoms with Gasteiger partial charge in [0, 0.05) is 6.20 Å². The lowest BCUT2D eigenvalue weighted by molar-refractivity contribution is 0.0600.